The van der Waals surface area contributed by atoms with Gasteiger partial charge in [0.25, 0.3) is 0 Å². The first-order valence-electron chi connectivity index (χ1n) is 6.14. The van der Waals surface area contributed by atoms with Crippen molar-refractivity contribution in [3.63, 3.8) is 0 Å². The molecule has 0 aliphatic rings. The van der Waals surface area contributed by atoms with Gasteiger partial charge in [-0.25, -0.2) is 18.4 Å². The molecule has 21 heavy (non-hydrogen) atoms. The Morgan fingerprint density at radius 2 is 2.24 bits per heavy atom. The van der Waals surface area contributed by atoms with Gasteiger partial charge in [0.1, 0.15) is 29.9 Å². The third kappa shape index (κ3) is 3.06. The molecule has 2 rings (SSSR count). The van der Waals surface area contributed by atoms with Crippen LogP contribution < -0.4 is 5.73 Å². The van der Waals surface area contributed by atoms with E-state index < -0.39 is 23.2 Å². The van der Waals surface area contributed by atoms with E-state index in [2.05, 4.69) is 10.1 Å². The summed E-state index contributed by atoms with van der Waals surface area (Å²) in [5.74, 6) is -2.21. The highest BCUT2D eigenvalue weighted by atomic mass is 32.1. The van der Waals surface area contributed by atoms with Crippen molar-refractivity contribution in [1.82, 2.24) is 14.8 Å². The second kappa shape index (κ2) is 5.82. The molecule has 2 atom stereocenters. The lowest BCUT2D eigenvalue weighted by Gasteiger charge is -2.34. The quantitative estimate of drug-likeness (QED) is 0.815. The summed E-state index contributed by atoms with van der Waals surface area (Å²) in [5, 5.41) is 14.8. The van der Waals surface area contributed by atoms with E-state index in [-0.39, 0.29) is 17.1 Å². The van der Waals surface area contributed by atoms with Crippen molar-refractivity contribution in [2.24, 2.45) is 11.7 Å². The zero-order chi connectivity index (χ0) is 15.6. The van der Waals surface area contributed by atoms with Crippen molar-refractivity contribution in [2.45, 2.75) is 19.1 Å². The molecule has 1 heterocycles. The molecule has 0 amide bonds. The highest BCUT2D eigenvalue weighted by Crippen LogP contribution is 2.34. The van der Waals surface area contributed by atoms with Crippen LogP contribution in [-0.4, -0.2) is 24.9 Å². The molecule has 0 spiro atoms. The molecule has 8 heteroatoms. The molecule has 3 N–H and O–H groups in total. The Labute approximate surface area is 125 Å². The number of halogens is 2. The summed E-state index contributed by atoms with van der Waals surface area (Å²) in [5.41, 5.74) is 3.52. The molecule has 0 aliphatic carbocycles. The fraction of sp³-hybridized carbons (Fsp3) is 0.308. The molecule has 112 valence electrons. The van der Waals surface area contributed by atoms with Gasteiger partial charge in [-0.15, -0.1) is 0 Å². The fourth-order valence-corrected chi connectivity index (χ4v) is 2.28. The number of aromatic nitrogens is 3. The van der Waals surface area contributed by atoms with Crippen LogP contribution in [0.3, 0.4) is 0 Å². The lowest BCUT2D eigenvalue weighted by atomic mass is 9.81. The smallest absolute Gasteiger partial charge is 0.137 e. The Hall–Kier alpha value is -1.93. The van der Waals surface area contributed by atoms with Crippen LogP contribution >= 0.6 is 12.2 Å². The number of aliphatic hydroxyl groups is 1. The van der Waals surface area contributed by atoms with Crippen molar-refractivity contribution in [3.05, 3.63) is 48.1 Å². The van der Waals surface area contributed by atoms with Crippen LogP contribution in [0.1, 0.15) is 12.5 Å². The second-order valence-corrected chi connectivity index (χ2v) is 5.24. The van der Waals surface area contributed by atoms with Crippen LogP contribution in [0.15, 0.2) is 30.9 Å². The Morgan fingerprint density at radius 1 is 1.52 bits per heavy atom. The van der Waals surface area contributed by atoms with Gasteiger partial charge < -0.3 is 10.8 Å². The maximum Gasteiger partial charge on any atom is 0.137 e. The Bertz CT molecular complexity index is 650. The molecule has 0 fully saturated rings. The first-order chi connectivity index (χ1) is 9.84. The highest BCUT2D eigenvalue weighted by Gasteiger charge is 2.40. The second-order valence-electron chi connectivity index (χ2n) is 4.77. The maximum atomic E-state index is 14.1. The predicted molar refractivity (Wildman–Crippen MR) is 76.2 cm³/mol. The van der Waals surface area contributed by atoms with Crippen LogP contribution in [0.4, 0.5) is 8.78 Å². The first-order valence-corrected chi connectivity index (χ1v) is 6.55. The number of rotatable bonds is 5. The Kier molecular flexibility index (Phi) is 4.29. The molecule has 0 saturated heterocycles. The summed E-state index contributed by atoms with van der Waals surface area (Å²) in [6.45, 7) is 1.38. The minimum Gasteiger partial charge on any atom is -0.393 e. The zero-order valence-corrected chi connectivity index (χ0v) is 12.0. The minimum absolute atomic E-state index is 0.0127. The van der Waals surface area contributed by atoms with Gasteiger partial charge in [-0.05, 0) is 18.2 Å². The highest BCUT2D eigenvalue weighted by molar-refractivity contribution is 7.80. The molecule has 2 aromatic rings. The van der Waals surface area contributed by atoms with Crippen molar-refractivity contribution in [1.29, 1.82) is 0 Å². The molecule has 0 aliphatic heterocycles. The van der Waals surface area contributed by atoms with Crippen molar-refractivity contribution in [2.75, 3.05) is 0 Å². The lowest BCUT2D eigenvalue weighted by molar-refractivity contribution is -0.0155. The third-order valence-corrected chi connectivity index (χ3v) is 3.76. The summed E-state index contributed by atoms with van der Waals surface area (Å²) >= 11 is 4.89. The molecule has 5 nitrogen and oxygen atoms in total. The van der Waals surface area contributed by atoms with Crippen LogP contribution in [0.2, 0.25) is 0 Å². The Morgan fingerprint density at radius 3 is 2.81 bits per heavy atom. The largest absolute Gasteiger partial charge is 0.393 e. The normalized spacial score (nSPS) is 15.4. The van der Waals surface area contributed by atoms with E-state index in [0.29, 0.717) is 0 Å². The van der Waals surface area contributed by atoms with E-state index >= 15 is 0 Å². The predicted octanol–water partition coefficient (Wildman–Crippen LogP) is 1.37. The van der Waals surface area contributed by atoms with Gasteiger partial charge in [0.15, 0.2) is 0 Å². The van der Waals surface area contributed by atoms with Crippen LogP contribution in [0.25, 0.3) is 0 Å². The molecule has 1 aromatic carbocycles. The first kappa shape index (κ1) is 15.5. The number of hydrogen-bond donors (Lipinski definition) is 2. The summed E-state index contributed by atoms with van der Waals surface area (Å²) in [6.07, 6.45) is 2.63. The van der Waals surface area contributed by atoms with E-state index in [4.69, 9.17) is 18.0 Å². The maximum absolute atomic E-state index is 14.1. The van der Waals surface area contributed by atoms with Crippen LogP contribution in [-0.2, 0) is 12.1 Å². The standard InChI is InChI=1S/C13H14F2N4OS/c1-8(12(16)21)13(20,5-19-7-17-6-18-19)10-4-9(14)2-3-11(10)15/h2-4,6-8,20H,5H2,1H3,(H2,16,21)/t8-,13-/m0/s1. The number of benzene rings is 1. The van der Waals surface area contributed by atoms with Gasteiger partial charge in [0, 0.05) is 11.5 Å². The molecular formula is C13H14F2N4OS. The number of nitrogens with zero attached hydrogens (tertiary/aromatic N) is 3. The van der Waals surface area contributed by atoms with Crippen LogP contribution in [0.5, 0.6) is 0 Å². The van der Waals surface area contributed by atoms with E-state index in [1.54, 1.807) is 6.92 Å². The van der Waals surface area contributed by atoms with Gasteiger partial charge in [0.2, 0.25) is 0 Å². The Balaban J connectivity index is 2.54. The average molecular weight is 312 g/mol. The van der Waals surface area contributed by atoms with E-state index in [0.717, 1.165) is 18.2 Å². The van der Waals surface area contributed by atoms with Crippen molar-refractivity contribution < 1.29 is 13.9 Å². The average Bonchev–Trinajstić information content (AvgIpc) is 2.93. The fourth-order valence-electron chi connectivity index (χ4n) is 2.08. The molecular weight excluding hydrogens is 298 g/mol. The monoisotopic (exact) mass is 312 g/mol. The van der Waals surface area contributed by atoms with Crippen molar-refractivity contribution >= 4 is 17.2 Å². The topological polar surface area (TPSA) is 77.0 Å². The summed E-state index contributed by atoms with van der Waals surface area (Å²) in [7, 11) is 0. The van der Waals surface area contributed by atoms with E-state index in [1.165, 1.54) is 17.3 Å². The number of hydrogen-bond acceptors (Lipinski definition) is 4. The third-order valence-electron chi connectivity index (χ3n) is 3.41. The number of thiocarbonyl (C=S) groups is 1. The van der Waals surface area contributed by atoms with Gasteiger partial charge in [0.05, 0.1) is 11.5 Å². The SMILES string of the molecule is C[C@@H](C(N)=S)[C@@](O)(Cn1cncn1)c1cc(F)ccc1F. The molecule has 0 radical (unpaired) electrons. The van der Waals surface area contributed by atoms with Gasteiger partial charge in [-0.2, -0.15) is 5.10 Å². The van der Waals surface area contributed by atoms with Gasteiger partial charge in [-0.1, -0.05) is 19.1 Å². The number of nitrogens with two attached hydrogens (primary N) is 1. The minimum atomic E-state index is -1.84. The molecule has 1 aromatic heterocycles. The molecule has 0 bridgehead atoms. The zero-order valence-electron chi connectivity index (χ0n) is 11.2. The van der Waals surface area contributed by atoms with Crippen LogP contribution in [0, 0.1) is 17.6 Å². The van der Waals surface area contributed by atoms with E-state index in [1.807, 2.05) is 0 Å². The molecule has 0 unspecified atom stereocenters. The lowest BCUT2D eigenvalue weighted by Crippen LogP contribution is -2.44. The van der Waals surface area contributed by atoms with E-state index in [9.17, 15) is 13.9 Å². The summed E-state index contributed by atoms with van der Waals surface area (Å²) in [6, 6.07) is 2.85. The molecule has 0 saturated carbocycles. The van der Waals surface area contributed by atoms with Gasteiger partial charge >= 0.3 is 0 Å². The summed E-state index contributed by atoms with van der Waals surface area (Å²) < 4.78 is 28.8. The van der Waals surface area contributed by atoms with Crippen molar-refractivity contribution in [3.8, 4) is 0 Å². The van der Waals surface area contributed by atoms with Gasteiger partial charge in [-0.3, -0.25) is 0 Å². The summed E-state index contributed by atoms with van der Waals surface area (Å²) in [4.78, 5) is 3.74.